The monoisotopic (exact) mass is 395 g/mol. The van der Waals surface area contributed by atoms with Crippen LogP contribution in [0.4, 0.5) is 5.69 Å². The molecule has 29 heavy (non-hydrogen) atoms. The fourth-order valence-corrected chi connectivity index (χ4v) is 3.72. The van der Waals surface area contributed by atoms with Crippen molar-refractivity contribution in [1.29, 1.82) is 0 Å². The predicted octanol–water partition coefficient (Wildman–Crippen LogP) is 2.39. The molecular weight excluding hydrogens is 366 g/mol. The third kappa shape index (κ3) is 4.92. The first-order valence-electron chi connectivity index (χ1n) is 10.4. The number of rotatable bonds is 7. The molecule has 7 nitrogen and oxygen atoms in total. The van der Waals surface area contributed by atoms with Crippen LogP contribution in [0, 0.1) is 19.8 Å². The first-order valence-corrected chi connectivity index (χ1v) is 10.4. The zero-order valence-electron chi connectivity index (χ0n) is 17.2. The second kappa shape index (κ2) is 8.88. The molecule has 4 rings (SSSR count). The van der Waals surface area contributed by atoms with Gasteiger partial charge in [-0.15, -0.1) is 0 Å². The predicted molar refractivity (Wildman–Crippen MR) is 113 cm³/mol. The Bertz CT molecular complexity index is 855. The average Bonchev–Trinajstić information content (AvgIpc) is 3.56. The van der Waals surface area contributed by atoms with E-state index in [9.17, 15) is 4.79 Å². The van der Waals surface area contributed by atoms with Crippen LogP contribution in [-0.2, 0) is 4.79 Å². The third-order valence-electron chi connectivity index (χ3n) is 5.57. The van der Waals surface area contributed by atoms with Crippen LogP contribution < -0.4 is 15.4 Å². The summed E-state index contributed by atoms with van der Waals surface area (Å²) in [4.78, 5) is 23.4. The molecule has 1 aromatic carbocycles. The van der Waals surface area contributed by atoms with Gasteiger partial charge in [-0.25, -0.2) is 9.97 Å². The molecule has 2 aliphatic rings. The second-order valence-corrected chi connectivity index (χ2v) is 7.83. The van der Waals surface area contributed by atoms with Gasteiger partial charge in [0.25, 0.3) is 0 Å². The van der Waals surface area contributed by atoms with E-state index < -0.39 is 0 Å². The topological polar surface area (TPSA) is 79.4 Å². The molecule has 1 saturated heterocycles. The van der Waals surface area contributed by atoms with Crippen molar-refractivity contribution < 1.29 is 9.53 Å². The van der Waals surface area contributed by atoms with Gasteiger partial charge < -0.3 is 15.4 Å². The summed E-state index contributed by atoms with van der Waals surface area (Å²) in [5.41, 5.74) is 4.47. The number of piperazine rings is 1. The quantitative estimate of drug-likeness (QED) is 0.749. The van der Waals surface area contributed by atoms with Crippen molar-refractivity contribution in [2.75, 3.05) is 44.6 Å². The number of carbonyl (C=O) groups excluding carboxylic acids is 1. The fraction of sp³-hybridized carbons (Fsp3) is 0.500. The maximum atomic E-state index is 12.2. The zero-order valence-corrected chi connectivity index (χ0v) is 17.2. The van der Waals surface area contributed by atoms with E-state index in [-0.39, 0.29) is 11.8 Å². The van der Waals surface area contributed by atoms with Gasteiger partial charge in [-0.05, 0) is 44.9 Å². The van der Waals surface area contributed by atoms with E-state index in [1.54, 1.807) is 6.33 Å². The van der Waals surface area contributed by atoms with Gasteiger partial charge >= 0.3 is 0 Å². The molecule has 1 aliphatic heterocycles. The lowest BCUT2D eigenvalue weighted by atomic mass is 10.0. The van der Waals surface area contributed by atoms with Crippen molar-refractivity contribution >= 4 is 11.6 Å². The van der Waals surface area contributed by atoms with E-state index in [2.05, 4.69) is 25.5 Å². The molecule has 0 radical (unpaired) electrons. The van der Waals surface area contributed by atoms with E-state index in [1.165, 1.54) is 0 Å². The number of nitrogens with one attached hydrogen (secondary N) is 2. The number of nitrogens with zero attached hydrogens (tertiary/aromatic N) is 3. The van der Waals surface area contributed by atoms with Crippen LogP contribution in [0.2, 0.25) is 0 Å². The maximum Gasteiger partial charge on any atom is 0.227 e. The maximum absolute atomic E-state index is 12.2. The summed E-state index contributed by atoms with van der Waals surface area (Å²) in [6, 6.07) is 5.85. The molecule has 7 heteroatoms. The van der Waals surface area contributed by atoms with Crippen LogP contribution in [0.5, 0.6) is 5.75 Å². The Morgan fingerprint density at radius 2 is 1.93 bits per heavy atom. The van der Waals surface area contributed by atoms with Crippen LogP contribution >= 0.6 is 0 Å². The van der Waals surface area contributed by atoms with Gasteiger partial charge in [0.05, 0.1) is 0 Å². The number of ether oxygens (including phenoxy) is 1. The Morgan fingerprint density at radius 3 is 2.62 bits per heavy atom. The highest BCUT2D eigenvalue weighted by Crippen LogP contribution is 2.36. The number of benzene rings is 1. The summed E-state index contributed by atoms with van der Waals surface area (Å²) >= 11 is 0. The summed E-state index contributed by atoms with van der Waals surface area (Å²) in [6.45, 7) is 9.62. The molecule has 1 aromatic heterocycles. The van der Waals surface area contributed by atoms with E-state index in [4.69, 9.17) is 4.74 Å². The fourth-order valence-electron chi connectivity index (χ4n) is 3.72. The highest BCUT2D eigenvalue weighted by atomic mass is 16.5. The van der Waals surface area contributed by atoms with Crippen molar-refractivity contribution in [2.24, 2.45) is 5.92 Å². The number of hydrogen-bond donors (Lipinski definition) is 2. The summed E-state index contributed by atoms with van der Waals surface area (Å²) in [5.74, 6) is 1.06. The molecule has 154 valence electrons. The third-order valence-corrected chi connectivity index (χ3v) is 5.57. The van der Waals surface area contributed by atoms with Gasteiger partial charge in [-0.3, -0.25) is 9.69 Å². The minimum Gasteiger partial charge on any atom is -0.492 e. The molecule has 2 aromatic rings. The van der Waals surface area contributed by atoms with Gasteiger partial charge in [-0.1, -0.05) is 0 Å². The molecule has 2 N–H and O–H groups in total. The summed E-state index contributed by atoms with van der Waals surface area (Å²) in [6.07, 6.45) is 3.55. The first kappa shape index (κ1) is 19.8. The molecule has 0 bridgehead atoms. The van der Waals surface area contributed by atoms with Gasteiger partial charge in [-0.2, -0.15) is 0 Å². The molecule has 2 heterocycles. The largest absolute Gasteiger partial charge is 0.492 e. The summed E-state index contributed by atoms with van der Waals surface area (Å²) < 4.78 is 6.19. The minimum absolute atomic E-state index is 0.0982. The molecular formula is C22H29N5O2. The van der Waals surface area contributed by atoms with Crippen molar-refractivity contribution in [2.45, 2.75) is 26.7 Å². The molecule has 1 amide bonds. The Hall–Kier alpha value is -2.51. The Labute approximate surface area is 171 Å². The van der Waals surface area contributed by atoms with E-state index in [0.29, 0.717) is 6.61 Å². The van der Waals surface area contributed by atoms with Gasteiger partial charge in [0.2, 0.25) is 5.91 Å². The highest BCUT2D eigenvalue weighted by Gasteiger charge is 2.29. The zero-order chi connectivity index (χ0) is 20.2. The van der Waals surface area contributed by atoms with Gasteiger partial charge in [0.1, 0.15) is 18.7 Å². The van der Waals surface area contributed by atoms with Crippen LogP contribution in [0.25, 0.3) is 11.1 Å². The van der Waals surface area contributed by atoms with Crippen LogP contribution in [0.3, 0.4) is 0 Å². The highest BCUT2D eigenvalue weighted by molar-refractivity contribution is 5.95. The van der Waals surface area contributed by atoms with Crippen molar-refractivity contribution in [3.05, 3.63) is 35.9 Å². The Morgan fingerprint density at radius 1 is 1.21 bits per heavy atom. The summed E-state index contributed by atoms with van der Waals surface area (Å²) in [5, 5.41) is 6.41. The number of carbonyl (C=O) groups is 1. The number of hydrogen-bond acceptors (Lipinski definition) is 6. The van der Waals surface area contributed by atoms with Crippen LogP contribution in [-0.4, -0.2) is 60.1 Å². The smallest absolute Gasteiger partial charge is 0.227 e. The number of amides is 1. The number of aromatic nitrogens is 2. The van der Waals surface area contributed by atoms with Crippen LogP contribution in [0.15, 0.2) is 24.5 Å². The normalized spacial score (nSPS) is 17.2. The first-order chi connectivity index (χ1) is 14.1. The van der Waals surface area contributed by atoms with Crippen LogP contribution in [0.1, 0.15) is 24.2 Å². The minimum atomic E-state index is 0.0982. The molecule has 2 fully saturated rings. The lowest BCUT2D eigenvalue weighted by Crippen LogP contribution is -2.44. The van der Waals surface area contributed by atoms with Crippen molar-refractivity contribution in [3.8, 4) is 16.9 Å². The SMILES string of the molecule is Cc1ncnc(C)c1-c1cc(NC(=O)C2CC2)ccc1OCCN1CCNCC1. The van der Waals surface area contributed by atoms with E-state index >= 15 is 0 Å². The average molecular weight is 396 g/mol. The number of aryl methyl sites for hydroxylation is 2. The Kier molecular flexibility index (Phi) is 6.06. The van der Waals surface area contributed by atoms with E-state index in [0.717, 1.165) is 79.5 Å². The Balaban J connectivity index is 1.56. The van der Waals surface area contributed by atoms with E-state index in [1.807, 2.05) is 32.0 Å². The molecule has 0 atom stereocenters. The number of anilines is 1. The van der Waals surface area contributed by atoms with Gasteiger partial charge in [0.15, 0.2) is 0 Å². The molecule has 1 saturated carbocycles. The van der Waals surface area contributed by atoms with Crippen molar-refractivity contribution in [1.82, 2.24) is 20.2 Å². The lowest BCUT2D eigenvalue weighted by molar-refractivity contribution is -0.117. The molecule has 0 spiro atoms. The molecule has 1 aliphatic carbocycles. The van der Waals surface area contributed by atoms with Crippen molar-refractivity contribution in [3.63, 3.8) is 0 Å². The lowest BCUT2D eigenvalue weighted by Gasteiger charge is -2.27. The van der Waals surface area contributed by atoms with Gasteiger partial charge in [0, 0.05) is 66.8 Å². The second-order valence-electron chi connectivity index (χ2n) is 7.83. The standard InChI is InChI=1S/C22H29N5O2/c1-15-21(16(2)25-14-24-15)19-13-18(26-22(28)17-3-4-17)5-6-20(19)29-12-11-27-9-7-23-8-10-27/h5-6,13-14,17,23H,3-4,7-12H2,1-2H3,(H,26,28). The molecule has 0 unspecified atom stereocenters. The summed E-state index contributed by atoms with van der Waals surface area (Å²) in [7, 11) is 0.